The molecule has 0 spiro atoms. The second-order valence-electron chi connectivity index (χ2n) is 0. The first-order chi connectivity index (χ1) is 3.00. The Balaban J connectivity index is -0.00000000500. The first-order valence-electron chi connectivity index (χ1n) is 0.638. The van der Waals surface area contributed by atoms with Crippen LogP contribution in [0.15, 0.2) is 0 Å². The van der Waals surface area contributed by atoms with Crippen LogP contribution in [0.5, 0.6) is 0 Å². The van der Waals surface area contributed by atoms with E-state index >= 15 is 0 Å². The van der Waals surface area contributed by atoms with Crippen LogP contribution in [0.25, 0.3) is 0 Å². The minimum absolute atomic E-state index is 0. The Kier molecular flexibility index (Phi) is 5350. The van der Waals surface area contributed by atoms with Crippen LogP contribution in [0.1, 0.15) is 0 Å². The summed E-state index contributed by atoms with van der Waals surface area (Å²) in [6, 6.07) is 0. The van der Waals surface area contributed by atoms with Crippen molar-refractivity contribution in [3.63, 3.8) is 0 Å². The van der Waals surface area contributed by atoms with E-state index in [4.69, 9.17) is 13.0 Å². The maximum atomic E-state index is 8.33. The van der Waals surface area contributed by atoms with Crippen LogP contribution in [0.2, 0.25) is 0 Å². The first kappa shape index (κ1) is 50.4. The van der Waals surface area contributed by atoms with Crippen molar-refractivity contribution in [2.45, 2.75) is 0 Å². The molecule has 0 fully saturated rings. The fourth-order valence-corrected chi connectivity index (χ4v) is 0. The average Bonchev–Trinajstić information content (AvgIpc) is 1.81. The summed E-state index contributed by atoms with van der Waals surface area (Å²) in [4.78, 5) is 15.5. The second-order valence-corrected chi connectivity index (χ2v) is 0. The van der Waals surface area contributed by atoms with Gasteiger partial charge in [-0.15, -0.1) is 0 Å². The summed E-state index contributed by atoms with van der Waals surface area (Å²) in [5, 5.41) is 0. The van der Waals surface area contributed by atoms with Crippen molar-refractivity contribution >= 4 is 13.6 Å². The third-order valence-electron chi connectivity index (χ3n) is 0. The molecular weight excluding hydrogens is 707 g/mol. The molecule has 0 rings (SSSR count). The topological polar surface area (TPSA) is 51.2 Å². The normalized spacial score (nSPS) is 1.50. The molecule has 0 amide bonds. The van der Waals surface area contributed by atoms with Gasteiger partial charge in [0.05, 0.1) is 0 Å². The molecule has 6 heteroatoms. The van der Waals surface area contributed by atoms with Crippen molar-refractivity contribution in [3.8, 4) is 0 Å². The van der Waals surface area contributed by atoms with E-state index in [0.717, 1.165) is 0 Å². The SMILES string of the molecule is [CH-]=O.[CH-]=O.[O]=[W].[Rf].[W]. The van der Waals surface area contributed by atoms with E-state index < -0.39 is 0 Å². The summed E-state index contributed by atoms with van der Waals surface area (Å²) in [6.07, 6.45) is 0. The van der Waals surface area contributed by atoms with Crippen LogP contribution in [0.3, 0.4) is 0 Å². The Bertz CT molecular complexity index is 20.0. The van der Waals surface area contributed by atoms with Gasteiger partial charge in [-0.2, -0.15) is 0 Å². The van der Waals surface area contributed by atoms with Gasteiger partial charge in [0.1, 0.15) is 0 Å². The zero-order valence-electron chi connectivity index (χ0n) is 3.90. The molecule has 0 aliphatic carbocycles. The van der Waals surface area contributed by atoms with Gasteiger partial charge in [-0.1, -0.05) is 0 Å². The molecule has 8 heavy (non-hydrogen) atoms. The zero-order chi connectivity index (χ0) is 6.00. The van der Waals surface area contributed by atoms with Crippen LogP contribution < -0.4 is 0 Å². The molecule has 0 bridgehead atoms. The number of rotatable bonds is 0. The average molecular weight is 709 g/mol. The predicted molar refractivity (Wildman–Crippen MR) is 14.2 cm³/mol. The van der Waals surface area contributed by atoms with E-state index in [0.29, 0.717) is 19.8 Å². The molecule has 0 heterocycles. The summed E-state index contributed by atoms with van der Waals surface area (Å²) in [5.41, 5.74) is 0. The van der Waals surface area contributed by atoms with Crippen molar-refractivity contribution in [1.82, 2.24) is 0 Å². The molecular formula is C2H2O3RfW2-2. The molecule has 0 unspecified atom stereocenters. The van der Waals surface area contributed by atoms with Gasteiger partial charge in [-0.05, 0) is 0 Å². The summed E-state index contributed by atoms with van der Waals surface area (Å²) in [5.74, 6) is 0. The Hall–Kier alpha value is -0.483. The molecule has 0 aliphatic heterocycles. The van der Waals surface area contributed by atoms with Crippen LogP contribution >= 0.6 is 0 Å². The number of hydrogen-bond donors (Lipinski definition) is 0. The van der Waals surface area contributed by atoms with Crippen LogP contribution in [-0.2, 0) is 53.8 Å². The third-order valence-corrected chi connectivity index (χ3v) is 0. The van der Waals surface area contributed by atoms with Crippen LogP contribution in [-0.4, -0.2) is 13.6 Å². The Morgan fingerprint density at radius 3 is 0.875 bits per heavy atom. The maximum absolute atomic E-state index is 8.33. The van der Waals surface area contributed by atoms with E-state index in [1.165, 1.54) is 0 Å². The van der Waals surface area contributed by atoms with E-state index in [9.17, 15) is 0 Å². The minimum Gasteiger partial charge on any atom is 0 e. The summed E-state index contributed by atoms with van der Waals surface area (Å²) in [6.45, 7) is 6.50. The zero-order valence-corrected chi connectivity index (χ0v) is 16.2. The van der Waals surface area contributed by atoms with Crippen molar-refractivity contribution < 1.29 is 53.8 Å². The van der Waals surface area contributed by atoms with Gasteiger partial charge in [0.25, 0.3) is 0 Å². The van der Waals surface area contributed by atoms with Gasteiger partial charge in [-0.3, -0.25) is 13.6 Å². The molecule has 44 valence electrons. The quantitative estimate of drug-likeness (QED) is 0.248. The maximum Gasteiger partial charge on any atom is 0 e. The monoisotopic (exact) mass is 709 g/mol. The molecule has 0 aromatic heterocycles. The molecule has 0 atom stereocenters. The van der Waals surface area contributed by atoms with Crippen molar-refractivity contribution in [1.29, 1.82) is 0 Å². The van der Waals surface area contributed by atoms with Crippen LogP contribution in [0.4, 0.5) is 0 Å². The second kappa shape index (κ2) is 849. The van der Waals surface area contributed by atoms with Crippen molar-refractivity contribution in [3.05, 3.63) is 0 Å². The molecule has 0 aromatic rings. The van der Waals surface area contributed by atoms with E-state index in [-0.39, 0.29) is 21.1 Å². The summed E-state index contributed by atoms with van der Waals surface area (Å²) in [7, 11) is 0. The molecule has 0 aromatic carbocycles. The van der Waals surface area contributed by atoms with Crippen molar-refractivity contribution in [2.75, 3.05) is 0 Å². The largest absolute Gasteiger partial charge is 0 e. The first-order valence-corrected chi connectivity index (χ1v) is 1.84. The molecule has 0 saturated carbocycles. The Morgan fingerprint density at radius 2 is 0.875 bits per heavy atom. The number of hydrogen-bond acceptors (Lipinski definition) is 3. The minimum atomic E-state index is 0. The van der Waals surface area contributed by atoms with E-state index in [1.54, 1.807) is 0 Å². The molecule has 0 N–H and O–H groups in total. The van der Waals surface area contributed by atoms with Crippen LogP contribution in [0, 0.1) is 0 Å². The van der Waals surface area contributed by atoms with Gasteiger partial charge in [0, 0.05) is 21.1 Å². The molecule has 0 radical (unpaired) electrons. The predicted octanol–water partition coefficient (Wildman–Crippen LogP) is -0.672. The van der Waals surface area contributed by atoms with E-state index in [1.807, 2.05) is 0 Å². The molecule has 0 aliphatic rings. The number of carbonyl (C=O) groups excluding carboxylic acids is 2. The Morgan fingerprint density at radius 1 is 0.875 bits per heavy atom. The smallest absolute Gasteiger partial charge is 0 e. The van der Waals surface area contributed by atoms with E-state index in [2.05, 4.69) is 13.6 Å². The van der Waals surface area contributed by atoms with Gasteiger partial charge in [0.2, 0.25) is 0 Å². The fraction of sp³-hybridized carbons (Fsp3) is 0. The van der Waals surface area contributed by atoms with Gasteiger partial charge >= 0.3 is 23.2 Å². The standard InChI is InChI=1S/2CHO.O.Rf.2W/c2*1-2;;;;/h2*1H;;;;/q2*-1;;;;. The Labute approximate surface area is 67.3 Å². The van der Waals surface area contributed by atoms with Gasteiger partial charge in [0.15, 0.2) is 0 Å². The summed E-state index contributed by atoms with van der Waals surface area (Å²) >= 11 is 0.333. The van der Waals surface area contributed by atoms with Gasteiger partial charge in [-0.25, -0.2) is 0 Å². The molecule has 0 saturated heterocycles. The van der Waals surface area contributed by atoms with Gasteiger partial charge < -0.3 is 9.59 Å². The summed E-state index contributed by atoms with van der Waals surface area (Å²) < 4.78 is 8.33. The van der Waals surface area contributed by atoms with Crippen molar-refractivity contribution in [2.24, 2.45) is 0 Å². The fourth-order valence-electron chi connectivity index (χ4n) is 0. The molecule has 3 nitrogen and oxygen atoms in total. The third kappa shape index (κ3) is 482.